The van der Waals surface area contributed by atoms with Gasteiger partial charge in [-0.05, 0) is 52.0 Å². The third kappa shape index (κ3) is 6.12. The largest absolute Gasteiger partial charge is 0.370 e. The van der Waals surface area contributed by atoms with E-state index in [2.05, 4.69) is 39.6 Å². The van der Waals surface area contributed by atoms with Crippen molar-refractivity contribution in [1.82, 2.24) is 14.9 Å². The summed E-state index contributed by atoms with van der Waals surface area (Å²) < 4.78 is 13.6. The number of hydrogen-bond donors (Lipinski definition) is 2. The van der Waals surface area contributed by atoms with Gasteiger partial charge in [0.2, 0.25) is 5.95 Å². The zero-order valence-corrected chi connectivity index (χ0v) is 14.6. The lowest BCUT2D eigenvalue weighted by Gasteiger charge is -2.12. The first-order valence-electron chi connectivity index (χ1n) is 8.26. The van der Waals surface area contributed by atoms with Gasteiger partial charge in [-0.15, -0.1) is 0 Å². The van der Waals surface area contributed by atoms with Crippen molar-refractivity contribution in [2.24, 2.45) is 0 Å². The Labute approximate surface area is 143 Å². The molecule has 0 aliphatic rings. The molecule has 1 aromatic heterocycles. The van der Waals surface area contributed by atoms with Crippen molar-refractivity contribution in [2.45, 2.75) is 19.8 Å². The van der Waals surface area contributed by atoms with E-state index in [1.165, 1.54) is 6.07 Å². The van der Waals surface area contributed by atoms with Crippen LogP contribution in [0.2, 0.25) is 0 Å². The molecule has 0 aliphatic carbocycles. The smallest absolute Gasteiger partial charge is 0.224 e. The third-order valence-corrected chi connectivity index (χ3v) is 3.58. The van der Waals surface area contributed by atoms with Gasteiger partial charge in [0.1, 0.15) is 11.6 Å². The van der Waals surface area contributed by atoms with Crippen LogP contribution in [-0.2, 0) is 6.42 Å². The van der Waals surface area contributed by atoms with Gasteiger partial charge in [0, 0.05) is 24.8 Å². The molecule has 0 unspecified atom stereocenters. The highest BCUT2D eigenvalue weighted by molar-refractivity contribution is 5.42. The second-order valence-corrected chi connectivity index (χ2v) is 6.07. The van der Waals surface area contributed by atoms with Gasteiger partial charge < -0.3 is 15.5 Å². The Kier molecular flexibility index (Phi) is 6.93. The number of rotatable bonds is 9. The summed E-state index contributed by atoms with van der Waals surface area (Å²) >= 11 is 0. The van der Waals surface area contributed by atoms with E-state index in [0.29, 0.717) is 24.5 Å². The molecule has 130 valence electrons. The minimum atomic E-state index is -0.165. The molecular weight excluding hydrogens is 305 g/mol. The van der Waals surface area contributed by atoms with Gasteiger partial charge in [0.05, 0.1) is 0 Å². The SMILES string of the molecule is Cc1cc(NCCc2ccccc2F)nc(NCCCN(C)C)n1. The number of hydrogen-bond acceptors (Lipinski definition) is 5. The Bertz CT molecular complexity index is 645. The summed E-state index contributed by atoms with van der Waals surface area (Å²) in [4.78, 5) is 11.0. The maximum Gasteiger partial charge on any atom is 0.224 e. The van der Waals surface area contributed by atoms with Crippen LogP contribution in [0.4, 0.5) is 16.2 Å². The summed E-state index contributed by atoms with van der Waals surface area (Å²) in [6.07, 6.45) is 1.64. The number of anilines is 2. The second kappa shape index (κ2) is 9.17. The maximum atomic E-state index is 13.6. The molecule has 1 aromatic carbocycles. The zero-order chi connectivity index (χ0) is 17.4. The Morgan fingerprint density at radius 2 is 1.88 bits per heavy atom. The molecule has 5 nitrogen and oxygen atoms in total. The maximum absolute atomic E-state index is 13.6. The molecule has 0 saturated heterocycles. The van der Waals surface area contributed by atoms with Gasteiger partial charge in [-0.3, -0.25) is 0 Å². The molecule has 24 heavy (non-hydrogen) atoms. The molecule has 0 atom stereocenters. The Morgan fingerprint density at radius 1 is 1.08 bits per heavy atom. The number of nitrogens with zero attached hydrogens (tertiary/aromatic N) is 3. The molecule has 0 bridgehead atoms. The van der Waals surface area contributed by atoms with E-state index < -0.39 is 0 Å². The summed E-state index contributed by atoms with van der Waals surface area (Å²) in [6, 6.07) is 8.74. The van der Waals surface area contributed by atoms with Gasteiger partial charge >= 0.3 is 0 Å². The van der Waals surface area contributed by atoms with E-state index in [0.717, 1.165) is 31.0 Å². The molecule has 0 spiro atoms. The van der Waals surface area contributed by atoms with Crippen LogP contribution in [0.1, 0.15) is 17.7 Å². The Balaban J connectivity index is 1.85. The Hall–Kier alpha value is -2.21. The van der Waals surface area contributed by atoms with Crippen molar-refractivity contribution < 1.29 is 4.39 Å². The average Bonchev–Trinajstić information content (AvgIpc) is 2.53. The van der Waals surface area contributed by atoms with Crippen molar-refractivity contribution in [2.75, 3.05) is 44.4 Å². The minimum absolute atomic E-state index is 0.165. The molecule has 2 N–H and O–H groups in total. The topological polar surface area (TPSA) is 53.1 Å². The van der Waals surface area contributed by atoms with Gasteiger partial charge in [0.15, 0.2) is 0 Å². The molecule has 0 fully saturated rings. The molecule has 0 aliphatic heterocycles. The highest BCUT2D eigenvalue weighted by atomic mass is 19.1. The predicted octanol–water partition coefficient (Wildman–Crippen LogP) is 2.94. The lowest BCUT2D eigenvalue weighted by molar-refractivity contribution is 0.405. The van der Waals surface area contributed by atoms with Crippen molar-refractivity contribution in [3.05, 3.63) is 47.4 Å². The summed E-state index contributed by atoms with van der Waals surface area (Å²) in [5.74, 6) is 1.22. The lowest BCUT2D eigenvalue weighted by atomic mass is 10.1. The summed E-state index contributed by atoms with van der Waals surface area (Å²) in [7, 11) is 4.11. The minimum Gasteiger partial charge on any atom is -0.370 e. The van der Waals surface area contributed by atoms with E-state index in [1.807, 2.05) is 19.1 Å². The molecule has 6 heteroatoms. The van der Waals surface area contributed by atoms with E-state index in [4.69, 9.17) is 0 Å². The van der Waals surface area contributed by atoms with Crippen molar-refractivity contribution in [3.63, 3.8) is 0 Å². The summed E-state index contributed by atoms with van der Waals surface area (Å²) in [6.45, 7) is 4.41. The van der Waals surface area contributed by atoms with Crippen LogP contribution in [0, 0.1) is 12.7 Å². The van der Waals surface area contributed by atoms with Crippen molar-refractivity contribution in [1.29, 1.82) is 0 Å². The molecular formula is C18H26FN5. The van der Waals surface area contributed by atoms with Crippen LogP contribution < -0.4 is 10.6 Å². The van der Waals surface area contributed by atoms with Crippen LogP contribution in [0.3, 0.4) is 0 Å². The fourth-order valence-electron chi connectivity index (χ4n) is 2.36. The van der Waals surface area contributed by atoms with Crippen molar-refractivity contribution >= 4 is 11.8 Å². The van der Waals surface area contributed by atoms with Gasteiger partial charge in [-0.2, -0.15) is 4.98 Å². The molecule has 0 amide bonds. The van der Waals surface area contributed by atoms with E-state index in [9.17, 15) is 4.39 Å². The molecule has 0 saturated carbocycles. The van der Waals surface area contributed by atoms with E-state index in [-0.39, 0.29) is 5.82 Å². The highest BCUT2D eigenvalue weighted by Crippen LogP contribution is 2.11. The lowest BCUT2D eigenvalue weighted by Crippen LogP contribution is -2.17. The first-order chi connectivity index (χ1) is 11.5. The third-order valence-electron chi connectivity index (χ3n) is 3.58. The van der Waals surface area contributed by atoms with Crippen LogP contribution in [0.5, 0.6) is 0 Å². The monoisotopic (exact) mass is 331 g/mol. The number of benzene rings is 1. The zero-order valence-electron chi connectivity index (χ0n) is 14.6. The standard InChI is InChI=1S/C18H26FN5/c1-14-13-17(20-11-9-15-7-4-5-8-16(15)19)23-18(22-14)21-10-6-12-24(2)3/h4-5,7-8,13H,6,9-12H2,1-3H3,(H2,20,21,22,23). The summed E-state index contributed by atoms with van der Waals surface area (Å²) in [5.41, 5.74) is 1.60. The quantitative estimate of drug-likeness (QED) is 0.692. The van der Waals surface area contributed by atoms with Crippen molar-refractivity contribution in [3.8, 4) is 0 Å². The summed E-state index contributed by atoms with van der Waals surface area (Å²) in [5, 5.41) is 6.49. The number of halogens is 1. The second-order valence-electron chi connectivity index (χ2n) is 6.07. The van der Waals surface area contributed by atoms with Crippen LogP contribution in [0.15, 0.2) is 30.3 Å². The van der Waals surface area contributed by atoms with Crippen LogP contribution >= 0.6 is 0 Å². The molecule has 2 rings (SSSR count). The normalized spacial score (nSPS) is 10.9. The number of aryl methyl sites for hydroxylation is 1. The highest BCUT2D eigenvalue weighted by Gasteiger charge is 2.04. The van der Waals surface area contributed by atoms with Gasteiger partial charge in [-0.25, -0.2) is 9.37 Å². The number of nitrogens with one attached hydrogen (secondary N) is 2. The van der Waals surface area contributed by atoms with Crippen LogP contribution in [-0.4, -0.2) is 48.6 Å². The first kappa shape index (κ1) is 18.1. The fourth-order valence-corrected chi connectivity index (χ4v) is 2.36. The average molecular weight is 331 g/mol. The van der Waals surface area contributed by atoms with Crippen LogP contribution in [0.25, 0.3) is 0 Å². The predicted molar refractivity (Wildman–Crippen MR) is 97.0 cm³/mol. The Morgan fingerprint density at radius 3 is 2.62 bits per heavy atom. The van der Waals surface area contributed by atoms with Gasteiger partial charge in [0.25, 0.3) is 0 Å². The van der Waals surface area contributed by atoms with E-state index in [1.54, 1.807) is 12.1 Å². The first-order valence-corrected chi connectivity index (χ1v) is 8.26. The fraction of sp³-hybridized carbons (Fsp3) is 0.444. The van der Waals surface area contributed by atoms with E-state index >= 15 is 0 Å². The van der Waals surface area contributed by atoms with Gasteiger partial charge in [-0.1, -0.05) is 18.2 Å². The number of aromatic nitrogens is 2. The molecule has 0 radical (unpaired) electrons. The molecule has 1 heterocycles. The molecule has 2 aromatic rings.